The van der Waals surface area contributed by atoms with Crippen LogP contribution >= 0.6 is 0 Å². The van der Waals surface area contributed by atoms with Crippen LogP contribution in [0.5, 0.6) is 0 Å². The summed E-state index contributed by atoms with van der Waals surface area (Å²) >= 11 is 0. The third-order valence-electron chi connectivity index (χ3n) is 20.0. The van der Waals surface area contributed by atoms with Crippen molar-refractivity contribution in [3.63, 3.8) is 0 Å². The Morgan fingerprint density at radius 2 is 0.979 bits per heavy atom. The number of hydrogen-bond donors (Lipinski definition) is 2. The van der Waals surface area contributed by atoms with Gasteiger partial charge in [-0.1, -0.05) is 69.2 Å². The molecule has 0 aromatic carbocycles. The number of carbonyl (C=O) groups is 3. The number of anilines is 3. The summed E-state index contributed by atoms with van der Waals surface area (Å²) in [5.74, 6) is 7.86. The van der Waals surface area contributed by atoms with Gasteiger partial charge in [0.1, 0.15) is 11.6 Å². The normalized spacial score (nSPS) is 18.9. The lowest BCUT2D eigenvalue weighted by molar-refractivity contribution is -0.130. The summed E-state index contributed by atoms with van der Waals surface area (Å²) in [5.41, 5.74) is 12.1. The Labute approximate surface area is 583 Å². The van der Waals surface area contributed by atoms with Gasteiger partial charge in [0.2, 0.25) is 17.7 Å². The van der Waals surface area contributed by atoms with Gasteiger partial charge in [-0.3, -0.25) is 14.4 Å². The van der Waals surface area contributed by atoms with E-state index in [-0.39, 0.29) is 17.7 Å². The summed E-state index contributed by atoms with van der Waals surface area (Å²) in [6.07, 6.45) is 19.0. The van der Waals surface area contributed by atoms with E-state index in [4.69, 9.17) is 14.7 Å². The van der Waals surface area contributed by atoms with Crippen molar-refractivity contribution in [1.82, 2.24) is 65.5 Å². The number of ether oxygens (including phenoxy) is 1. The molecule has 534 valence electrons. The zero-order valence-electron chi connectivity index (χ0n) is 62.3. The molecule has 20 heteroatoms. The average Bonchev–Trinajstić information content (AvgIpc) is 1.63. The highest BCUT2D eigenvalue weighted by Gasteiger charge is 2.26. The fourth-order valence-corrected chi connectivity index (χ4v) is 13.4. The van der Waals surface area contributed by atoms with Crippen LogP contribution in [0.1, 0.15) is 222 Å². The Morgan fingerprint density at radius 3 is 1.43 bits per heavy atom. The van der Waals surface area contributed by atoms with Crippen molar-refractivity contribution in [3.8, 4) is 0 Å². The second kappa shape index (κ2) is 39.1. The number of piperazine rings is 1. The van der Waals surface area contributed by atoms with Crippen molar-refractivity contribution < 1.29 is 19.1 Å². The molecule has 3 amide bonds. The molecule has 2 unspecified atom stereocenters. The third kappa shape index (κ3) is 26.1. The molecule has 5 aromatic heterocycles. The lowest BCUT2D eigenvalue weighted by Crippen LogP contribution is -2.48. The second-order valence-corrected chi connectivity index (χ2v) is 30.0. The van der Waals surface area contributed by atoms with Gasteiger partial charge in [-0.05, 0) is 216 Å². The molecule has 6 aliphatic heterocycles. The standard InChI is InChI=1S/C21H33N5O2.C18H29N3O.C13H21N3.C13H20N2O.C12H19N3/c1-15(2)20-13-19(22-18-5-7-24(8-6-18)16(3)27)14-21(23-20)26-11-9-25(10-12-26)17(4)28;1-13(2)17-11-16(12-18(19-17)20(4)5)10-15-6-8-21(9-7-15)14(3)22;1-10(2)12-7-13(15-14-8-12)6-11-4-5-16(3)9-11;1-10(2)12-8-13(15-14-9-12)7-11-3-5-16-6-4-11;1-9(2)11-6-12(15-14-8-11)5-10-3-4-13-7-10/h13-15,18H,5-12H2,1-4H3,(H,22,23);11-13,15H,6-10H2,1-5H3;7-8,10-11H,4-6,9H2,1-3H3;8-11H,3-7H2,1-2H3;6,8-10,13H,3-5,7H2,1-2H3. The molecule has 0 saturated carbocycles. The van der Waals surface area contributed by atoms with Crippen LogP contribution in [0, 0.1) is 23.7 Å². The van der Waals surface area contributed by atoms with Crippen LogP contribution in [-0.4, -0.2) is 197 Å². The number of rotatable bonds is 17. The molecule has 6 aliphatic rings. The van der Waals surface area contributed by atoms with E-state index >= 15 is 0 Å². The summed E-state index contributed by atoms with van der Waals surface area (Å²) in [7, 11) is 6.28. The summed E-state index contributed by atoms with van der Waals surface area (Å²) in [5, 5.41) is 32.0. The predicted molar refractivity (Wildman–Crippen MR) is 393 cm³/mol. The smallest absolute Gasteiger partial charge is 0.219 e. The first kappa shape index (κ1) is 77.6. The number of likely N-dealkylation sites (tertiary alicyclic amines) is 3. The number of carbonyl (C=O) groups excluding carboxylic acids is 3. The molecule has 11 rings (SSSR count). The molecule has 20 nitrogen and oxygen atoms in total. The quantitative estimate of drug-likeness (QED) is 0.0887. The SMILES string of the molecule is CC(=O)N1CCC(Cc2cc(C(C)C)nc(N(C)C)c2)CC1.CC(=O)N1CCC(Nc2cc(C(C)C)nc(N3CCN(C(C)=O)CC3)c2)CC1.CC(C)c1cnnc(CC2CCN(C)C2)c1.CC(C)c1cnnc(CC2CCNC2)c1.CC(C)c1cnnc(CC2CCOCC2)c1. The van der Waals surface area contributed by atoms with E-state index in [1.807, 2.05) is 47.4 Å². The Hall–Kier alpha value is -6.77. The van der Waals surface area contributed by atoms with Crippen molar-refractivity contribution in [2.24, 2.45) is 23.7 Å². The maximum absolute atomic E-state index is 11.6. The molecule has 97 heavy (non-hydrogen) atoms. The number of aromatic nitrogens is 8. The lowest BCUT2D eigenvalue weighted by atomic mass is 9.89. The van der Waals surface area contributed by atoms with Gasteiger partial charge in [0.25, 0.3) is 0 Å². The van der Waals surface area contributed by atoms with E-state index in [2.05, 4.69) is 175 Å². The van der Waals surface area contributed by atoms with Crippen LogP contribution in [-0.2, 0) is 44.8 Å². The van der Waals surface area contributed by atoms with Crippen molar-refractivity contribution >= 4 is 35.0 Å². The number of piperidine rings is 2. The van der Waals surface area contributed by atoms with Gasteiger partial charge >= 0.3 is 0 Å². The number of nitrogens with zero attached hydrogens (tertiary/aromatic N) is 14. The van der Waals surface area contributed by atoms with E-state index < -0.39 is 0 Å². The minimum Gasteiger partial charge on any atom is -0.382 e. The minimum absolute atomic E-state index is 0.141. The highest BCUT2D eigenvalue weighted by Crippen LogP contribution is 2.30. The van der Waals surface area contributed by atoms with Crippen LogP contribution in [0.25, 0.3) is 0 Å². The summed E-state index contributed by atoms with van der Waals surface area (Å²) < 4.78 is 5.36. The second-order valence-electron chi connectivity index (χ2n) is 30.0. The molecule has 6 saturated heterocycles. The van der Waals surface area contributed by atoms with Crippen molar-refractivity contribution in [2.45, 2.75) is 203 Å². The molecule has 6 fully saturated rings. The number of amides is 3. The summed E-state index contributed by atoms with van der Waals surface area (Å²) in [6, 6.07) is 15.8. The van der Waals surface area contributed by atoms with Gasteiger partial charge in [0.05, 0.1) is 35.7 Å². The highest BCUT2D eigenvalue weighted by molar-refractivity contribution is 5.74. The molecule has 2 atom stereocenters. The molecular formula is C77H122N16O4. The monoisotopic (exact) mass is 1330 g/mol. The highest BCUT2D eigenvalue weighted by atomic mass is 16.5. The van der Waals surface area contributed by atoms with Crippen molar-refractivity contribution in [2.75, 3.05) is 128 Å². The fraction of sp³-hybridized carbons (Fsp3) is 0.675. The molecule has 0 aliphatic carbocycles. The van der Waals surface area contributed by atoms with Gasteiger partial charge in [-0.15, -0.1) is 0 Å². The van der Waals surface area contributed by atoms with Crippen LogP contribution in [0.3, 0.4) is 0 Å². The van der Waals surface area contributed by atoms with Crippen LogP contribution < -0.4 is 20.4 Å². The molecule has 5 aromatic rings. The Kier molecular flexibility index (Phi) is 31.3. The Bertz CT molecular complexity index is 3100. The first-order valence-electron chi connectivity index (χ1n) is 36.8. The van der Waals surface area contributed by atoms with Gasteiger partial charge in [-0.25, -0.2) is 9.97 Å². The topological polar surface area (TPSA) is 207 Å². The van der Waals surface area contributed by atoms with E-state index in [1.165, 1.54) is 53.9 Å². The third-order valence-corrected chi connectivity index (χ3v) is 20.0. The lowest BCUT2D eigenvalue weighted by Gasteiger charge is -2.36. The number of nitrogens with one attached hydrogen (secondary N) is 2. The average molecular weight is 1340 g/mol. The maximum Gasteiger partial charge on any atom is 0.219 e. The van der Waals surface area contributed by atoms with E-state index in [9.17, 15) is 14.4 Å². The molecule has 11 heterocycles. The van der Waals surface area contributed by atoms with Crippen molar-refractivity contribution in [3.05, 3.63) is 112 Å². The van der Waals surface area contributed by atoms with E-state index in [0.717, 1.165) is 201 Å². The maximum atomic E-state index is 11.6. The van der Waals surface area contributed by atoms with Gasteiger partial charge < -0.3 is 44.8 Å². The van der Waals surface area contributed by atoms with Gasteiger partial charge in [-0.2, -0.15) is 30.6 Å². The largest absolute Gasteiger partial charge is 0.382 e. The van der Waals surface area contributed by atoms with Crippen molar-refractivity contribution in [1.29, 1.82) is 0 Å². The fourth-order valence-electron chi connectivity index (χ4n) is 13.4. The zero-order valence-corrected chi connectivity index (χ0v) is 62.3. The molecule has 0 spiro atoms. The number of hydrogen-bond acceptors (Lipinski definition) is 17. The van der Waals surface area contributed by atoms with Crippen LogP contribution in [0.15, 0.2) is 61.1 Å². The predicted octanol–water partition coefficient (Wildman–Crippen LogP) is 11.8. The van der Waals surface area contributed by atoms with E-state index in [1.54, 1.807) is 20.8 Å². The molecule has 0 radical (unpaired) electrons. The number of pyridine rings is 2. The zero-order chi connectivity index (χ0) is 70.1. The molecule has 0 bridgehead atoms. The summed E-state index contributed by atoms with van der Waals surface area (Å²) in [4.78, 5) is 56.7. The van der Waals surface area contributed by atoms with Crippen LogP contribution in [0.4, 0.5) is 17.3 Å². The van der Waals surface area contributed by atoms with Crippen LogP contribution in [0.2, 0.25) is 0 Å². The van der Waals surface area contributed by atoms with Gasteiger partial charge in [0.15, 0.2) is 0 Å². The van der Waals surface area contributed by atoms with E-state index in [0.29, 0.717) is 41.5 Å². The summed E-state index contributed by atoms with van der Waals surface area (Å²) in [6.45, 7) is 39.9. The first-order chi connectivity index (χ1) is 46.3. The first-order valence-corrected chi connectivity index (χ1v) is 36.8. The molecule has 2 N–H and O–H groups in total. The minimum atomic E-state index is 0.141. The van der Waals surface area contributed by atoms with Gasteiger partial charge in [0, 0.05) is 136 Å². The molecular weight excluding hydrogens is 1210 g/mol. The Balaban J connectivity index is 0.000000175. The Morgan fingerprint density at radius 1 is 0.515 bits per heavy atom.